The van der Waals surface area contributed by atoms with Crippen molar-refractivity contribution in [1.29, 1.82) is 0 Å². The van der Waals surface area contributed by atoms with Crippen molar-refractivity contribution < 1.29 is 9.13 Å². The maximum atomic E-state index is 13.1. The van der Waals surface area contributed by atoms with E-state index in [1.807, 2.05) is 26.1 Å². The van der Waals surface area contributed by atoms with E-state index in [0.29, 0.717) is 11.1 Å². The van der Waals surface area contributed by atoms with Gasteiger partial charge in [0.2, 0.25) is 0 Å². The van der Waals surface area contributed by atoms with Crippen LogP contribution < -0.4 is 10.1 Å². The van der Waals surface area contributed by atoms with Crippen LogP contribution in [0.5, 0.6) is 5.75 Å². The second kappa shape index (κ2) is 7.38. The summed E-state index contributed by atoms with van der Waals surface area (Å²) in [7, 11) is 1.90. The molecule has 0 unspecified atom stereocenters. The van der Waals surface area contributed by atoms with Gasteiger partial charge >= 0.3 is 0 Å². The predicted molar refractivity (Wildman–Crippen MR) is 90.1 cm³/mol. The van der Waals surface area contributed by atoms with Gasteiger partial charge in [0.25, 0.3) is 0 Å². The lowest BCUT2D eigenvalue weighted by Crippen LogP contribution is -2.09. The Morgan fingerprint density at radius 1 is 1.14 bits per heavy atom. The number of rotatable bonds is 5. The molecule has 1 N–H and O–H groups in total. The molecule has 0 saturated heterocycles. The number of nitrogens with one attached hydrogen (secondary N) is 1. The lowest BCUT2D eigenvalue weighted by Gasteiger charge is -2.15. The zero-order valence-electron chi connectivity index (χ0n) is 11.8. The van der Waals surface area contributed by atoms with Crippen molar-refractivity contribution >= 4 is 31.9 Å². The highest BCUT2D eigenvalue weighted by Crippen LogP contribution is 2.29. The van der Waals surface area contributed by atoms with Gasteiger partial charge in [-0.3, -0.25) is 0 Å². The average molecular weight is 417 g/mol. The van der Waals surface area contributed by atoms with Crippen LogP contribution in [0.25, 0.3) is 0 Å². The van der Waals surface area contributed by atoms with Crippen LogP contribution >= 0.6 is 31.9 Å². The standard InChI is InChI=1S/C16H16Br2FNO/c1-10-5-13(17)6-12(8-20-2)16(10)21-9-11-3-4-14(19)7-15(11)18/h3-7,20H,8-9H2,1-2H3. The molecule has 0 atom stereocenters. The number of aryl methyl sites for hydroxylation is 1. The minimum atomic E-state index is -0.263. The molecule has 2 aromatic rings. The maximum Gasteiger partial charge on any atom is 0.127 e. The molecule has 0 fully saturated rings. The summed E-state index contributed by atoms with van der Waals surface area (Å²) in [5.74, 6) is 0.602. The van der Waals surface area contributed by atoms with Gasteiger partial charge in [-0.15, -0.1) is 0 Å². The van der Waals surface area contributed by atoms with Crippen molar-refractivity contribution in [3.8, 4) is 5.75 Å². The Labute approximate surface area is 141 Å². The number of hydrogen-bond donors (Lipinski definition) is 1. The third-order valence-corrected chi connectivity index (χ3v) is 4.27. The number of ether oxygens (including phenoxy) is 1. The lowest BCUT2D eigenvalue weighted by atomic mass is 10.1. The summed E-state index contributed by atoms with van der Waals surface area (Å²) in [6.07, 6.45) is 0. The first-order valence-electron chi connectivity index (χ1n) is 6.51. The van der Waals surface area contributed by atoms with Crippen LogP contribution in [0.1, 0.15) is 16.7 Å². The van der Waals surface area contributed by atoms with Crippen LogP contribution in [-0.2, 0) is 13.2 Å². The molecule has 0 aliphatic rings. The normalized spacial score (nSPS) is 10.7. The van der Waals surface area contributed by atoms with Crippen LogP contribution in [0.3, 0.4) is 0 Å². The highest BCUT2D eigenvalue weighted by Gasteiger charge is 2.10. The Morgan fingerprint density at radius 3 is 2.57 bits per heavy atom. The summed E-state index contributed by atoms with van der Waals surface area (Å²) in [5, 5.41) is 3.14. The molecular weight excluding hydrogens is 401 g/mol. The maximum absolute atomic E-state index is 13.1. The van der Waals surface area contributed by atoms with Gasteiger partial charge in [-0.05, 0) is 43.8 Å². The molecule has 0 radical (unpaired) electrons. The molecule has 0 amide bonds. The van der Waals surface area contributed by atoms with E-state index in [-0.39, 0.29) is 5.82 Å². The minimum absolute atomic E-state index is 0.263. The lowest BCUT2D eigenvalue weighted by molar-refractivity contribution is 0.299. The van der Waals surface area contributed by atoms with E-state index >= 15 is 0 Å². The molecule has 0 heterocycles. The molecule has 0 spiro atoms. The van der Waals surface area contributed by atoms with E-state index in [0.717, 1.165) is 33.5 Å². The van der Waals surface area contributed by atoms with Crippen LogP contribution in [0, 0.1) is 12.7 Å². The van der Waals surface area contributed by atoms with Crippen molar-refractivity contribution in [3.63, 3.8) is 0 Å². The van der Waals surface area contributed by atoms with Gasteiger partial charge in [-0.25, -0.2) is 4.39 Å². The molecular formula is C16H16Br2FNO. The number of halogens is 3. The minimum Gasteiger partial charge on any atom is -0.488 e. The zero-order valence-corrected chi connectivity index (χ0v) is 15.0. The SMILES string of the molecule is CNCc1cc(Br)cc(C)c1OCc1ccc(F)cc1Br. The molecule has 0 saturated carbocycles. The zero-order chi connectivity index (χ0) is 15.4. The average Bonchev–Trinajstić information content (AvgIpc) is 2.40. The summed E-state index contributed by atoms with van der Waals surface area (Å²) in [6.45, 7) is 3.12. The van der Waals surface area contributed by atoms with Gasteiger partial charge < -0.3 is 10.1 Å². The van der Waals surface area contributed by atoms with E-state index in [4.69, 9.17) is 4.74 Å². The van der Waals surface area contributed by atoms with Crippen LogP contribution in [-0.4, -0.2) is 7.05 Å². The molecule has 112 valence electrons. The summed E-state index contributed by atoms with van der Waals surface area (Å²) < 4.78 is 20.8. The Hall–Kier alpha value is -0.910. The van der Waals surface area contributed by atoms with Crippen molar-refractivity contribution in [3.05, 3.63) is 61.8 Å². The Bertz CT molecular complexity index is 646. The first kappa shape index (κ1) is 16.5. The third kappa shape index (κ3) is 4.28. The van der Waals surface area contributed by atoms with Gasteiger partial charge in [0.15, 0.2) is 0 Å². The van der Waals surface area contributed by atoms with Gasteiger partial charge in [0, 0.05) is 26.6 Å². The van der Waals surface area contributed by atoms with Crippen LogP contribution in [0.2, 0.25) is 0 Å². The first-order valence-corrected chi connectivity index (χ1v) is 8.10. The molecule has 2 aromatic carbocycles. The molecule has 0 aliphatic carbocycles. The van der Waals surface area contributed by atoms with Gasteiger partial charge in [-0.1, -0.05) is 37.9 Å². The fraction of sp³-hybridized carbons (Fsp3) is 0.250. The van der Waals surface area contributed by atoms with Crippen molar-refractivity contribution in [2.75, 3.05) is 7.05 Å². The highest BCUT2D eigenvalue weighted by atomic mass is 79.9. The van der Waals surface area contributed by atoms with Crippen LogP contribution in [0.15, 0.2) is 39.3 Å². The fourth-order valence-corrected chi connectivity index (χ4v) is 3.20. The topological polar surface area (TPSA) is 21.3 Å². The van der Waals surface area contributed by atoms with E-state index in [2.05, 4.69) is 37.2 Å². The molecule has 2 nitrogen and oxygen atoms in total. The molecule has 0 bridgehead atoms. The Morgan fingerprint density at radius 2 is 1.90 bits per heavy atom. The van der Waals surface area contributed by atoms with E-state index in [1.165, 1.54) is 12.1 Å². The third-order valence-electron chi connectivity index (χ3n) is 3.07. The predicted octanol–water partition coefficient (Wildman–Crippen LogP) is 4.96. The van der Waals surface area contributed by atoms with Crippen molar-refractivity contribution in [2.24, 2.45) is 0 Å². The van der Waals surface area contributed by atoms with Gasteiger partial charge in [-0.2, -0.15) is 0 Å². The van der Waals surface area contributed by atoms with E-state index < -0.39 is 0 Å². The second-order valence-corrected chi connectivity index (χ2v) is 6.54. The Balaban J connectivity index is 2.23. The Kier molecular flexibility index (Phi) is 5.79. The number of hydrogen-bond acceptors (Lipinski definition) is 2. The highest BCUT2D eigenvalue weighted by molar-refractivity contribution is 9.10. The van der Waals surface area contributed by atoms with Crippen molar-refractivity contribution in [1.82, 2.24) is 5.32 Å². The smallest absolute Gasteiger partial charge is 0.127 e. The second-order valence-electron chi connectivity index (χ2n) is 4.77. The first-order chi connectivity index (χ1) is 10.0. The summed E-state index contributed by atoms with van der Waals surface area (Å²) in [5.41, 5.74) is 3.06. The van der Waals surface area contributed by atoms with Crippen LogP contribution in [0.4, 0.5) is 4.39 Å². The molecule has 5 heteroatoms. The molecule has 0 aliphatic heterocycles. The van der Waals surface area contributed by atoms with E-state index in [9.17, 15) is 4.39 Å². The number of benzene rings is 2. The fourth-order valence-electron chi connectivity index (χ4n) is 2.12. The van der Waals surface area contributed by atoms with Crippen molar-refractivity contribution in [2.45, 2.75) is 20.1 Å². The van der Waals surface area contributed by atoms with Gasteiger partial charge in [0.05, 0.1) is 0 Å². The molecule has 2 rings (SSSR count). The summed E-state index contributed by atoms with van der Waals surface area (Å²) >= 11 is 6.86. The molecule has 0 aromatic heterocycles. The quantitative estimate of drug-likeness (QED) is 0.743. The van der Waals surface area contributed by atoms with Gasteiger partial charge in [0.1, 0.15) is 18.2 Å². The van der Waals surface area contributed by atoms with E-state index in [1.54, 1.807) is 6.07 Å². The summed E-state index contributed by atoms with van der Waals surface area (Å²) in [6, 6.07) is 8.67. The summed E-state index contributed by atoms with van der Waals surface area (Å²) in [4.78, 5) is 0. The molecule has 21 heavy (non-hydrogen) atoms. The largest absolute Gasteiger partial charge is 0.488 e. The monoisotopic (exact) mass is 415 g/mol.